The fraction of sp³-hybridized carbons (Fsp3) is 0.368. The van der Waals surface area contributed by atoms with Crippen LogP contribution in [0.15, 0.2) is 22.0 Å². The molecule has 0 aliphatic carbocycles. The highest BCUT2D eigenvalue weighted by Gasteiger charge is 2.23. The molecule has 7 heteroatoms. The minimum Gasteiger partial charge on any atom is -0.456 e. The summed E-state index contributed by atoms with van der Waals surface area (Å²) in [6.45, 7) is 11.3. The Bertz CT molecular complexity index is 830. The van der Waals surface area contributed by atoms with E-state index in [0.717, 1.165) is 26.2 Å². The Morgan fingerprint density at radius 1 is 1.04 bits per heavy atom. The predicted molar refractivity (Wildman–Crippen MR) is 110 cm³/mol. The van der Waals surface area contributed by atoms with Crippen LogP contribution in [0.3, 0.4) is 0 Å². The van der Waals surface area contributed by atoms with Crippen molar-refractivity contribution in [2.24, 2.45) is 0 Å². The highest BCUT2D eigenvalue weighted by atomic mass is 79.9. The fourth-order valence-corrected chi connectivity index (χ4v) is 4.05. The lowest BCUT2D eigenvalue weighted by atomic mass is 10.1. The van der Waals surface area contributed by atoms with Gasteiger partial charge in [-0.2, -0.15) is 0 Å². The molecule has 1 heterocycles. The number of ether oxygens (including phenoxy) is 1. The first-order chi connectivity index (χ1) is 12.0. The second kappa shape index (κ2) is 7.80. The van der Waals surface area contributed by atoms with Crippen molar-refractivity contribution in [3.8, 4) is 0 Å². The molecule has 2 amide bonds. The smallest absolute Gasteiger partial charge is 0.341 e. The molecule has 2 rings (SSSR count). The summed E-state index contributed by atoms with van der Waals surface area (Å²) in [5, 5.41) is 6.06. The number of anilines is 2. The lowest BCUT2D eigenvalue weighted by molar-refractivity contribution is 0.00712. The summed E-state index contributed by atoms with van der Waals surface area (Å²) < 4.78 is 6.14. The largest absolute Gasteiger partial charge is 0.456 e. The standard InChI is InChI=1S/C19H23BrN2O3S/c1-10-7-11(2)15(12(3)8-10)21-18(24)22-16-13(9-14(20)26-16)17(23)25-19(4,5)6/h7-9H,1-6H3,(H2,21,22,24). The number of rotatable bonds is 3. The van der Waals surface area contributed by atoms with Crippen LogP contribution >= 0.6 is 27.3 Å². The number of esters is 1. The zero-order chi connectivity index (χ0) is 19.6. The first-order valence-corrected chi connectivity index (χ1v) is 9.76. The first-order valence-electron chi connectivity index (χ1n) is 8.15. The number of nitrogens with one attached hydrogen (secondary N) is 2. The minimum atomic E-state index is -0.610. The second-order valence-corrected chi connectivity index (χ2v) is 9.58. The number of carbonyl (C=O) groups excluding carboxylic acids is 2. The number of amides is 2. The maximum Gasteiger partial charge on any atom is 0.341 e. The normalized spacial score (nSPS) is 11.2. The average molecular weight is 439 g/mol. The van der Waals surface area contributed by atoms with E-state index in [1.807, 2.05) is 32.9 Å². The van der Waals surface area contributed by atoms with E-state index in [1.54, 1.807) is 26.8 Å². The Labute approximate surface area is 166 Å². The molecule has 2 aromatic rings. The van der Waals surface area contributed by atoms with Gasteiger partial charge in [0.2, 0.25) is 0 Å². The van der Waals surface area contributed by atoms with Crippen LogP contribution in [0.5, 0.6) is 0 Å². The molecule has 0 saturated heterocycles. The van der Waals surface area contributed by atoms with Crippen LogP contribution in [-0.2, 0) is 4.74 Å². The Hall–Kier alpha value is -1.86. The number of halogens is 1. The van der Waals surface area contributed by atoms with Crippen molar-refractivity contribution >= 4 is 50.0 Å². The number of aryl methyl sites for hydroxylation is 3. The van der Waals surface area contributed by atoms with Crippen LogP contribution in [-0.4, -0.2) is 17.6 Å². The number of benzene rings is 1. The second-order valence-electron chi connectivity index (χ2n) is 7.15. The van der Waals surface area contributed by atoms with Gasteiger partial charge in [-0.15, -0.1) is 11.3 Å². The van der Waals surface area contributed by atoms with E-state index < -0.39 is 17.6 Å². The summed E-state index contributed by atoms with van der Waals surface area (Å²) in [5.41, 5.74) is 3.59. The summed E-state index contributed by atoms with van der Waals surface area (Å²) in [5.74, 6) is -0.475. The Kier molecular flexibility index (Phi) is 6.13. The van der Waals surface area contributed by atoms with Gasteiger partial charge in [0.25, 0.3) is 0 Å². The van der Waals surface area contributed by atoms with Gasteiger partial charge in [-0.25, -0.2) is 9.59 Å². The van der Waals surface area contributed by atoms with Crippen molar-refractivity contribution in [3.63, 3.8) is 0 Å². The average Bonchev–Trinajstić information content (AvgIpc) is 2.81. The molecular formula is C19H23BrN2O3S. The van der Waals surface area contributed by atoms with Gasteiger partial charge in [0, 0.05) is 5.69 Å². The number of urea groups is 1. The molecule has 0 saturated carbocycles. The van der Waals surface area contributed by atoms with Crippen LogP contribution in [0.2, 0.25) is 0 Å². The lowest BCUT2D eigenvalue weighted by Crippen LogP contribution is -2.25. The molecule has 1 aromatic carbocycles. The van der Waals surface area contributed by atoms with E-state index in [0.29, 0.717) is 10.6 Å². The number of carbonyl (C=O) groups is 2. The summed E-state index contributed by atoms with van der Waals surface area (Å²) in [6, 6.07) is 5.27. The Morgan fingerprint density at radius 3 is 2.15 bits per heavy atom. The van der Waals surface area contributed by atoms with Crippen molar-refractivity contribution in [1.29, 1.82) is 0 Å². The van der Waals surface area contributed by atoms with Gasteiger partial charge in [0.1, 0.15) is 10.6 Å². The molecule has 0 fully saturated rings. The zero-order valence-corrected chi connectivity index (χ0v) is 18.1. The molecule has 140 valence electrons. The third-order valence-electron chi connectivity index (χ3n) is 3.46. The van der Waals surface area contributed by atoms with E-state index in [2.05, 4.69) is 26.6 Å². The highest BCUT2D eigenvalue weighted by molar-refractivity contribution is 9.11. The molecule has 0 aliphatic rings. The molecule has 26 heavy (non-hydrogen) atoms. The molecule has 5 nitrogen and oxygen atoms in total. The van der Waals surface area contributed by atoms with Gasteiger partial charge in [0.05, 0.1) is 9.35 Å². The van der Waals surface area contributed by atoms with Crippen molar-refractivity contribution < 1.29 is 14.3 Å². The summed E-state index contributed by atoms with van der Waals surface area (Å²) in [6.07, 6.45) is 0. The molecule has 0 radical (unpaired) electrons. The van der Waals surface area contributed by atoms with Crippen LogP contribution in [0, 0.1) is 20.8 Å². The number of thiophene rings is 1. The van der Waals surface area contributed by atoms with Crippen LogP contribution in [0.1, 0.15) is 47.8 Å². The molecule has 1 aromatic heterocycles. The molecule has 0 atom stereocenters. The topological polar surface area (TPSA) is 67.4 Å². The van der Waals surface area contributed by atoms with Crippen LogP contribution in [0.25, 0.3) is 0 Å². The molecule has 0 unspecified atom stereocenters. The molecular weight excluding hydrogens is 416 g/mol. The lowest BCUT2D eigenvalue weighted by Gasteiger charge is -2.19. The summed E-state index contributed by atoms with van der Waals surface area (Å²) >= 11 is 4.62. The first kappa shape index (κ1) is 20.5. The fourth-order valence-electron chi connectivity index (χ4n) is 2.56. The van der Waals surface area contributed by atoms with Crippen LogP contribution in [0.4, 0.5) is 15.5 Å². The third-order valence-corrected chi connectivity index (χ3v) is 5.02. The van der Waals surface area contributed by atoms with Crippen molar-refractivity contribution in [3.05, 3.63) is 44.2 Å². The van der Waals surface area contributed by atoms with Crippen molar-refractivity contribution in [1.82, 2.24) is 0 Å². The van der Waals surface area contributed by atoms with Gasteiger partial charge in [0.15, 0.2) is 0 Å². The van der Waals surface area contributed by atoms with E-state index in [4.69, 9.17) is 4.74 Å². The number of hydrogen-bond acceptors (Lipinski definition) is 4. The van der Waals surface area contributed by atoms with Crippen molar-refractivity contribution in [2.45, 2.75) is 47.1 Å². The summed E-state index contributed by atoms with van der Waals surface area (Å²) in [4.78, 5) is 24.8. The SMILES string of the molecule is Cc1cc(C)c(NC(=O)Nc2sc(Br)cc2C(=O)OC(C)(C)C)c(C)c1. The molecule has 2 N–H and O–H groups in total. The zero-order valence-electron chi connectivity index (χ0n) is 15.7. The maximum absolute atomic E-state index is 12.5. The Balaban J connectivity index is 2.19. The van der Waals surface area contributed by atoms with Gasteiger partial charge in [-0.3, -0.25) is 5.32 Å². The van der Waals surface area contributed by atoms with E-state index in [1.165, 1.54) is 11.3 Å². The quantitative estimate of drug-likeness (QED) is 0.574. The molecule has 0 aliphatic heterocycles. The molecule has 0 spiro atoms. The predicted octanol–water partition coefficient (Wildman–Crippen LogP) is 6.04. The molecule has 0 bridgehead atoms. The van der Waals surface area contributed by atoms with Gasteiger partial charge < -0.3 is 10.1 Å². The van der Waals surface area contributed by atoms with E-state index in [-0.39, 0.29) is 0 Å². The summed E-state index contributed by atoms with van der Waals surface area (Å²) in [7, 11) is 0. The van der Waals surface area contributed by atoms with Crippen LogP contribution < -0.4 is 10.6 Å². The van der Waals surface area contributed by atoms with E-state index >= 15 is 0 Å². The van der Waals surface area contributed by atoms with E-state index in [9.17, 15) is 9.59 Å². The van der Waals surface area contributed by atoms with Crippen molar-refractivity contribution in [2.75, 3.05) is 10.6 Å². The number of hydrogen-bond donors (Lipinski definition) is 2. The maximum atomic E-state index is 12.5. The van der Waals surface area contributed by atoms with Gasteiger partial charge >= 0.3 is 12.0 Å². The van der Waals surface area contributed by atoms with Gasteiger partial charge in [-0.05, 0) is 74.7 Å². The Morgan fingerprint density at radius 2 is 1.62 bits per heavy atom. The minimum absolute atomic E-state index is 0.323. The highest BCUT2D eigenvalue weighted by Crippen LogP contribution is 2.33. The monoisotopic (exact) mass is 438 g/mol. The van der Waals surface area contributed by atoms with Gasteiger partial charge in [-0.1, -0.05) is 17.7 Å². The third kappa shape index (κ3) is 5.32.